The predicted octanol–water partition coefficient (Wildman–Crippen LogP) is -1.09. The van der Waals surface area contributed by atoms with Crippen molar-refractivity contribution in [2.24, 2.45) is 34.0 Å². The number of hydrogen-bond acceptors (Lipinski definition) is 9. The largest absolute Gasteiger partial charge is 0.508 e. The quantitative estimate of drug-likeness (QED) is 0.0421. The van der Waals surface area contributed by atoms with E-state index in [4.69, 9.17) is 17.2 Å². The number of carboxylic acids is 2. The van der Waals surface area contributed by atoms with E-state index in [0.29, 0.717) is 12.0 Å². The van der Waals surface area contributed by atoms with E-state index in [1.54, 1.807) is 39.8 Å². The number of aliphatic carboxylic acids is 2. The van der Waals surface area contributed by atoms with Crippen LogP contribution in [0.25, 0.3) is 0 Å². The van der Waals surface area contributed by atoms with Crippen LogP contribution in [0.5, 0.6) is 5.75 Å². The Labute approximate surface area is 279 Å². The molecule has 1 aromatic carbocycles. The highest BCUT2D eigenvalue weighted by Crippen LogP contribution is 2.13. The van der Waals surface area contributed by atoms with Crippen LogP contribution in [0.4, 0.5) is 0 Å². The van der Waals surface area contributed by atoms with Crippen LogP contribution >= 0.6 is 0 Å². The number of amides is 4. The molecule has 0 aliphatic heterocycles. The minimum absolute atomic E-state index is 0.0249. The minimum atomic E-state index is -1.45. The number of carboxylic acid groups (broad SMARTS) is 2. The van der Waals surface area contributed by atoms with Gasteiger partial charge in [0, 0.05) is 13.0 Å². The molecule has 0 bridgehead atoms. The fourth-order valence-electron chi connectivity index (χ4n) is 4.55. The second-order valence-corrected chi connectivity index (χ2v) is 11.9. The lowest BCUT2D eigenvalue weighted by molar-refractivity contribution is -0.143. The summed E-state index contributed by atoms with van der Waals surface area (Å²) in [5, 5.41) is 38.4. The molecule has 0 spiro atoms. The maximum atomic E-state index is 13.5. The maximum absolute atomic E-state index is 13.5. The Morgan fingerprint density at radius 2 is 1.33 bits per heavy atom. The van der Waals surface area contributed by atoms with Crippen molar-refractivity contribution in [3.05, 3.63) is 29.8 Å². The smallest absolute Gasteiger partial charge is 0.326 e. The van der Waals surface area contributed by atoms with E-state index in [0.717, 1.165) is 0 Å². The van der Waals surface area contributed by atoms with Gasteiger partial charge < -0.3 is 53.8 Å². The first-order valence-electron chi connectivity index (χ1n) is 15.7. The molecule has 1 rings (SSSR count). The van der Waals surface area contributed by atoms with E-state index in [2.05, 4.69) is 26.3 Å². The Bertz CT molecular complexity index is 1290. The van der Waals surface area contributed by atoms with Gasteiger partial charge in [0.2, 0.25) is 23.6 Å². The van der Waals surface area contributed by atoms with E-state index in [1.807, 2.05) is 0 Å². The average Bonchev–Trinajstić information content (AvgIpc) is 3.01. The number of nitrogens with two attached hydrogens (primary N) is 3. The van der Waals surface area contributed by atoms with Gasteiger partial charge in [0.25, 0.3) is 0 Å². The Balaban J connectivity index is 3.21. The van der Waals surface area contributed by atoms with Gasteiger partial charge in [0.1, 0.15) is 29.9 Å². The topological polar surface area (TPSA) is 302 Å². The second-order valence-electron chi connectivity index (χ2n) is 11.9. The highest BCUT2D eigenvalue weighted by atomic mass is 16.4. The molecule has 1 aromatic rings. The van der Waals surface area contributed by atoms with Gasteiger partial charge in [-0.05, 0) is 55.2 Å². The van der Waals surface area contributed by atoms with Gasteiger partial charge in [-0.1, -0.05) is 46.2 Å². The number of phenolic OH excluding ortho intramolecular Hbond substituents is 1. The van der Waals surface area contributed by atoms with Crippen molar-refractivity contribution in [2.75, 3.05) is 6.54 Å². The van der Waals surface area contributed by atoms with Crippen LogP contribution in [0.3, 0.4) is 0 Å². The fraction of sp³-hybridized carbons (Fsp3) is 0.581. The number of carbonyl (C=O) groups excluding carboxylic acids is 4. The number of aromatic hydroxyl groups is 1. The Morgan fingerprint density at radius 1 is 0.792 bits per heavy atom. The van der Waals surface area contributed by atoms with Crippen LogP contribution in [-0.4, -0.2) is 93.6 Å². The summed E-state index contributed by atoms with van der Waals surface area (Å²) < 4.78 is 0. The molecule has 0 heterocycles. The van der Waals surface area contributed by atoms with Crippen LogP contribution in [0.1, 0.15) is 65.4 Å². The standard InChI is InChI=1S/C31H50N8O9/c1-5-17(4)25(39-26(43)20(32)15-18-8-10-19(40)11-9-18)29(46)37-22(12-13-23(41)42)27(44)36-21(7-6-14-35-31(33)34)28(45)38-24(16(2)3)30(47)48/h8-11,16-17,20-22,24-25,40H,5-7,12-15,32H2,1-4H3,(H,36,44)(H,37,46)(H,38,45)(H,39,43)(H,41,42)(H,47,48)(H4,33,34,35)/t17-,20-,21-,22-,24-,25-/m0/s1. The number of rotatable bonds is 21. The van der Waals surface area contributed by atoms with Gasteiger partial charge in [-0.15, -0.1) is 0 Å². The number of benzene rings is 1. The number of nitrogens with one attached hydrogen (secondary N) is 4. The monoisotopic (exact) mass is 678 g/mol. The summed E-state index contributed by atoms with van der Waals surface area (Å²) in [4.78, 5) is 80.2. The molecule has 268 valence electrons. The van der Waals surface area contributed by atoms with Crippen LogP contribution in [-0.2, 0) is 35.2 Å². The fourth-order valence-corrected chi connectivity index (χ4v) is 4.55. The lowest BCUT2D eigenvalue weighted by Crippen LogP contribution is -2.60. The summed E-state index contributed by atoms with van der Waals surface area (Å²) in [5.41, 5.74) is 17.5. The highest BCUT2D eigenvalue weighted by molar-refractivity contribution is 5.95. The Morgan fingerprint density at radius 3 is 1.85 bits per heavy atom. The molecular formula is C31H50N8O9. The number of carbonyl (C=O) groups is 6. The van der Waals surface area contributed by atoms with Crippen molar-refractivity contribution in [3.63, 3.8) is 0 Å². The SMILES string of the molecule is CC[C@H](C)[C@H](NC(=O)[C@@H](N)Cc1ccc(O)cc1)C(=O)N[C@@H](CCC(=O)O)C(=O)N[C@@H](CCCN=C(N)N)C(=O)N[C@H](C(=O)O)C(C)C. The number of aliphatic imine (C=N–C) groups is 1. The zero-order chi connectivity index (χ0) is 36.6. The van der Waals surface area contributed by atoms with Crippen LogP contribution in [0.2, 0.25) is 0 Å². The molecule has 0 radical (unpaired) electrons. The van der Waals surface area contributed by atoms with Crippen molar-refractivity contribution >= 4 is 41.5 Å². The Hall–Kier alpha value is -4.93. The van der Waals surface area contributed by atoms with E-state index < -0.39 is 84.0 Å². The zero-order valence-electron chi connectivity index (χ0n) is 27.8. The van der Waals surface area contributed by atoms with E-state index in [9.17, 15) is 44.1 Å². The number of hydrogen-bond donors (Lipinski definition) is 10. The molecule has 13 N–H and O–H groups in total. The second kappa shape index (κ2) is 20.3. The van der Waals surface area contributed by atoms with Crippen molar-refractivity contribution in [3.8, 4) is 5.75 Å². The highest BCUT2D eigenvalue weighted by Gasteiger charge is 2.34. The summed E-state index contributed by atoms with van der Waals surface area (Å²) >= 11 is 0. The normalized spacial score (nSPS) is 14.7. The maximum Gasteiger partial charge on any atom is 0.326 e. The summed E-state index contributed by atoms with van der Waals surface area (Å²) in [6.07, 6.45) is -0.156. The van der Waals surface area contributed by atoms with Crippen molar-refractivity contribution in [1.82, 2.24) is 21.3 Å². The van der Waals surface area contributed by atoms with Gasteiger partial charge in [-0.3, -0.25) is 29.0 Å². The number of nitrogens with zero attached hydrogens (tertiary/aromatic N) is 1. The summed E-state index contributed by atoms with van der Waals surface area (Å²) in [6.45, 7) is 6.77. The van der Waals surface area contributed by atoms with E-state index >= 15 is 0 Å². The first-order chi connectivity index (χ1) is 22.5. The summed E-state index contributed by atoms with van der Waals surface area (Å²) in [6, 6.07) is -0.116. The van der Waals surface area contributed by atoms with Crippen LogP contribution in [0, 0.1) is 11.8 Å². The first kappa shape index (κ1) is 41.1. The van der Waals surface area contributed by atoms with Gasteiger partial charge in [0.15, 0.2) is 5.96 Å². The summed E-state index contributed by atoms with van der Waals surface area (Å²) in [5.74, 6) is -6.74. The van der Waals surface area contributed by atoms with Gasteiger partial charge in [0.05, 0.1) is 6.04 Å². The van der Waals surface area contributed by atoms with Crippen LogP contribution in [0.15, 0.2) is 29.3 Å². The lowest BCUT2D eigenvalue weighted by atomic mass is 9.96. The molecule has 17 nitrogen and oxygen atoms in total. The molecule has 0 aromatic heterocycles. The summed E-state index contributed by atoms with van der Waals surface area (Å²) in [7, 11) is 0. The van der Waals surface area contributed by atoms with Crippen molar-refractivity contribution in [2.45, 2.75) is 96.4 Å². The van der Waals surface area contributed by atoms with E-state index in [-0.39, 0.29) is 43.9 Å². The van der Waals surface area contributed by atoms with Crippen LogP contribution < -0.4 is 38.5 Å². The molecule has 0 fully saturated rings. The lowest BCUT2D eigenvalue weighted by Gasteiger charge is -2.28. The van der Waals surface area contributed by atoms with Gasteiger partial charge in [-0.25, -0.2) is 4.79 Å². The van der Waals surface area contributed by atoms with Gasteiger partial charge >= 0.3 is 11.9 Å². The van der Waals surface area contributed by atoms with Gasteiger partial charge in [-0.2, -0.15) is 0 Å². The molecule has 0 saturated heterocycles. The molecular weight excluding hydrogens is 628 g/mol. The molecule has 0 unspecified atom stereocenters. The van der Waals surface area contributed by atoms with E-state index in [1.165, 1.54) is 12.1 Å². The third-order valence-corrected chi connectivity index (χ3v) is 7.61. The molecule has 4 amide bonds. The molecule has 0 saturated carbocycles. The average molecular weight is 679 g/mol. The minimum Gasteiger partial charge on any atom is -0.508 e. The Kier molecular flexibility index (Phi) is 17.4. The molecule has 0 aliphatic carbocycles. The third-order valence-electron chi connectivity index (χ3n) is 7.61. The number of guanidine groups is 1. The molecule has 0 aliphatic rings. The van der Waals surface area contributed by atoms with Crippen molar-refractivity contribution < 1.29 is 44.1 Å². The number of phenols is 1. The molecule has 6 atom stereocenters. The third kappa shape index (κ3) is 14.7. The zero-order valence-corrected chi connectivity index (χ0v) is 27.8. The molecule has 17 heteroatoms. The first-order valence-corrected chi connectivity index (χ1v) is 15.7. The predicted molar refractivity (Wildman–Crippen MR) is 176 cm³/mol. The van der Waals surface area contributed by atoms with Crippen molar-refractivity contribution in [1.29, 1.82) is 0 Å². The molecule has 48 heavy (non-hydrogen) atoms.